The fourth-order valence-corrected chi connectivity index (χ4v) is 3.41. The highest BCUT2D eigenvalue weighted by Gasteiger charge is 2.21. The van der Waals surface area contributed by atoms with Gasteiger partial charge in [-0.1, -0.05) is 17.7 Å². The number of hydrogen-bond acceptors (Lipinski definition) is 3. The fourth-order valence-electron chi connectivity index (χ4n) is 2.96. The Morgan fingerprint density at radius 3 is 2.82 bits per heavy atom. The number of benzene rings is 1. The van der Waals surface area contributed by atoms with Crippen molar-refractivity contribution in [2.75, 3.05) is 44.2 Å². The van der Waals surface area contributed by atoms with E-state index in [1.54, 1.807) is 0 Å². The first-order valence-corrected chi connectivity index (χ1v) is 8.66. The second-order valence-electron chi connectivity index (χ2n) is 5.78. The molecule has 0 amide bonds. The first kappa shape index (κ1) is 15.8. The smallest absolute Gasteiger partial charge is 0.169 e. The lowest BCUT2D eigenvalue weighted by Crippen LogP contribution is -2.52. The molecule has 0 radical (unpaired) electrons. The van der Waals surface area contributed by atoms with Gasteiger partial charge in [-0.2, -0.15) is 0 Å². The lowest BCUT2D eigenvalue weighted by Gasteiger charge is -2.37. The van der Waals surface area contributed by atoms with E-state index in [0.29, 0.717) is 6.10 Å². The molecule has 0 aromatic heterocycles. The monoisotopic (exact) mass is 339 g/mol. The topological polar surface area (TPSA) is 27.7 Å². The summed E-state index contributed by atoms with van der Waals surface area (Å²) in [5, 5.41) is 4.98. The minimum absolute atomic E-state index is 0.325. The molecule has 2 fully saturated rings. The molecule has 120 valence electrons. The van der Waals surface area contributed by atoms with Gasteiger partial charge in [0.15, 0.2) is 5.11 Å². The summed E-state index contributed by atoms with van der Waals surface area (Å²) >= 11 is 11.6. The highest BCUT2D eigenvalue weighted by atomic mass is 35.5. The van der Waals surface area contributed by atoms with Crippen LogP contribution in [-0.2, 0) is 4.74 Å². The van der Waals surface area contributed by atoms with E-state index in [2.05, 4.69) is 21.2 Å². The van der Waals surface area contributed by atoms with Crippen molar-refractivity contribution in [1.29, 1.82) is 0 Å². The van der Waals surface area contributed by atoms with Crippen molar-refractivity contribution in [1.82, 2.24) is 10.2 Å². The third kappa shape index (κ3) is 4.03. The molecule has 0 unspecified atom stereocenters. The molecule has 2 aliphatic heterocycles. The molecule has 4 nitrogen and oxygen atoms in total. The van der Waals surface area contributed by atoms with Gasteiger partial charge >= 0.3 is 0 Å². The fraction of sp³-hybridized carbons (Fsp3) is 0.562. The molecule has 6 heteroatoms. The largest absolute Gasteiger partial charge is 0.376 e. The Morgan fingerprint density at radius 1 is 1.32 bits per heavy atom. The first-order chi connectivity index (χ1) is 10.7. The zero-order valence-electron chi connectivity index (χ0n) is 12.6. The van der Waals surface area contributed by atoms with E-state index in [1.807, 2.05) is 18.2 Å². The Kier molecular flexibility index (Phi) is 5.39. The Hall–Kier alpha value is -1.04. The van der Waals surface area contributed by atoms with Crippen LogP contribution in [0.4, 0.5) is 5.69 Å². The van der Waals surface area contributed by atoms with Gasteiger partial charge in [0.05, 0.1) is 6.10 Å². The summed E-state index contributed by atoms with van der Waals surface area (Å²) in [6.45, 7) is 5.50. The SMILES string of the molecule is S=C(NC[C@H]1CCCO1)N1CCN(c2cccc(Cl)c2)CC1. The van der Waals surface area contributed by atoms with Crippen molar-refractivity contribution in [2.45, 2.75) is 18.9 Å². The Bertz CT molecular complexity index is 514. The van der Waals surface area contributed by atoms with Gasteiger partial charge in [0, 0.05) is 50.0 Å². The molecule has 0 spiro atoms. The quantitative estimate of drug-likeness (QED) is 0.854. The molecule has 2 heterocycles. The predicted molar refractivity (Wildman–Crippen MR) is 94.8 cm³/mol. The zero-order chi connectivity index (χ0) is 15.4. The normalized spacial score (nSPS) is 22.0. The van der Waals surface area contributed by atoms with E-state index in [1.165, 1.54) is 5.69 Å². The van der Waals surface area contributed by atoms with Crippen LogP contribution in [0.25, 0.3) is 0 Å². The van der Waals surface area contributed by atoms with Crippen LogP contribution in [0, 0.1) is 0 Å². The number of anilines is 1. The average Bonchev–Trinajstić information content (AvgIpc) is 3.06. The van der Waals surface area contributed by atoms with Gasteiger partial charge in [-0.15, -0.1) is 0 Å². The summed E-state index contributed by atoms with van der Waals surface area (Å²) in [5.41, 5.74) is 1.19. The lowest BCUT2D eigenvalue weighted by atomic mass is 10.2. The van der Waals surface area contributed by atoms with Crippen molar-refractivity contribution >= 4 is 34.6 Å². The van der Waals surface area contributed by atoms with Crippen LogP contribution < -0.4 is 10.2 Å². The molecule has 1 aromatic carbocycles. The predicted octanol–water partition coefficient (Wildman–Crippen LogP) is 2.52. The second-order valence-corrected chi connectivity index (χ2v) is 6.60. The number of halogens is 1. The lowest BCUT2D eigenvalue weighted by molar-refractivity contribution is 0.113. The van der Waals surface area contributed by atoms with Crippen LogP contribution >= 0.6 is 23.8 Å². The Labute approximate surface area is 142 Å². The second kappa shape index (κ2) is 7.49. The number of ether oxygens (including phenoxy) is 1. The van der Waals surface area contributed by atoms with Crippen LogP contribution in [0.3, 0.4) is 0 Å². The van der Waals surface area contributed by atoms with Crippen molar-refractivity contribution in [3.8, 4) is 0 Å². The van der Waals surface area contributed by atoms with Crippen molar-refractivity contribution in [3.63, 3.8) is 0 Å². The van der Waals surface area contributed by atoms with E-state index in [9.17, 15) is 0 Å². The number of rotatable bonds is 3. The molecule has 22 heavy (non-hydrogen) atoms. The number of nitrogens with one attached hydrogen (secondary N) is 1. The molecular weight excluding hydrogens is 318 g/mol. The van der Waals surface area contributed by atoms with E-state index in [4.69, 9.17) is 28.6 Å². The number of thiocarbonyl (C=S) groups is 1. The average molecular weight is 340 g/mol. The van der Waals surface area contributed by atoms with Gasteiger partial charge in [0.25, 0.3) is 0 Å². The van der Waals surface area contributed by atoms with Crippen molar-refractivity contribution in [2.24, 2.45) is 0 Å². The maximum atomic E-state index is 6.07. The van der Waals surface area contributed by atoms with Crippen LogP contribution in [0.2, 0.25) is 5.02 Å². The Balaban J connectivity index is 1.45. The molecule has 3 rings (SSSR count). The maximum absolute atomic E-state index is 6.07. The summed E-state index contributed by atoms with van der Waals surface area (Å²) in [7, 11) is 0. The van der Waals surface area contributed by atoms with E-state index < -0.39 is 0 Å². The maximum Gasteiger partial charge on any atom is 0.169 e. The van der Waals surface area contributed by atoms with Gasteiger partial charge in [0.2, 0.25) is 0 Å². The van der Waals surface area contributed by atoms with Crippen LogP contribution in [-0.4, -0.2) is 55.4 Å². The van der Waals surface area contributed by atoms with Crippen LogP contribution in [0.1, 0.15) is 12.8 Å². The highest BCUT2D eigenvalue weighted by Crippen LogP contribution is 2.20. The molecule has 0 saturated carbocycles. The molecule has 2 aliphatic rings. The third-order valence-electron chi connectivity index (χ3n) is 4.25. The molecule has 1 aromatic rings. The first-order valence-electron chi connectivity index (χ1n) is 7.87. The summed E-state index contributed by atoms with van der Waals surface area (Å²) in [4.78, 5) is 4.59. The molecular formula is C16H22ClN3OS. The van der Waals surface area contributed by atoms with Gasteiger partial charge in [0.1, 0.15) is 0 Å². The highest BCUT2D eigenvalue weighted by molar-refractivity contribution is 7.80. The van der Waals surface area contributed by atoms with E-state index in [-0.39, 0.29) is 0 Å². The van der Waals surface area contributed by atoms with Gasteiger partial charge in [-0.25, -0.2) is 0 Å². The Morgan fingerprint density at radius 2 is 2.14 bits per heavy atom. The van der Waals surface area contributed by atoms with Crippen LogP contribution in [0.5, 0.6) is 0 Å². The van der Waals surface area contributed by atoms with Crippen molar-refractivity contribution in [3.05, 3.63) is 29.3 Å². The molecule has 0 aliphatic carbocycles. The third-order valence-corrected chi connectivity index (χ3v) is 4.88. The molecule has 2 saturated heterocycles. The molecule has 1 atom stereocenters. The summed E-state index contributed by atoms with van der Waals surface area (Å²) in [6.07, 6.45) is 2.63. The number of nitrogens with zero attached hydrogens (tertiary/aromatic N) is 2. The van der Waals surface area contributed by atoms with Gasteiger partial charge in [-0.05, 0) is 43.3 Å². The summed E-state index contributed by atoms with van der Waals surface area (Å²) in [5.74, 6) is 0. The van der Waals surface area contributed by atoms with E-state index in [0.717, 1.165) is 62.3 Å². The standard InChI is InChI=1S/C16H22ClN3OS/c17-13-3-1-4-14(11-13)19-6-8-20(9-7-19)16(22)18-12-15-5-2-10-21-15/h1,3-4,11,15H,2,5-10,12H2,(H,18,22)/t15-/m1/s1. The van der Waals surface area contributed by atoms with Crippen LogP contribution in [0.15, 0.2) is 24.3 Å². The molecule has 1 N–H and O–H groups in total. The molecule has 0 bridgehead atoms. The minimum atomic E-state index is 0.325. The van der Waals surface area contributed by atoms with Crippen molar-refractivity contribution < 1.29 is 4.74 Å². The minimum Gasteiger partial charge on any atom is -0.376 e. The van der Waals surface area contributed by atoms with Gasteiger partial charge < -0.3 is 19.9 Å². The van der Waals surface area contributed by atoms with E-state index >= 15 is 0 Å². The number of hydrogen-bond donors (Lipinski definition) is 1. The number of piperazine rings is 1. The summed E-state index contributed by atoms with van der Waals surface area (Å²) < 4.78 is 5.62. The van der Waals surface area contributed by atoms with Gasteiger partial charge in [-0.3, -0.25) is 0 Å². The zero-order valence-corrected chi connectivity index (χ0v) is 14.2. The summed E-state index contributed by atoms with van der Waals surface area (Å²) in [6, 6.07) is 8.03.